The maximum Gasteiger partial charge on any atom is 0.150 e. The SMILES string of the molecule is Cc1ccc(C#Cc2ccccc2NS(=O)c2ccc3c(c2)c2ccccc2n3C)cn1. The van der Waals surface area contributed by atoms with Gasteiger partial charge in [0.05, 0.1) is 10.6 Å². The molecular formula is C27H21N3OS. The number of anilines is 1. The van der Waals surface area contributed by atoms with Crippen LogP contribution in [0.2, 0.25) is 0 Å². The van der Waals surface area contributed by atoms with Crippen molar-refractivity contribution < 1.29 is 4.21 Å². The number of hydrogen-bond donors (Lipinski definition) is 1. The number of nitrogens with one attached hydrogen (secondary N) is 1. The van der Waals surface area contributed by atoms with Gasteiger partial charge in [0.2, 0.25) is 0 Å². The van der Waals surface area contributed by atoms with Crippen LogP contribution in [0.15, 0.2) is 90.0 Å². The summed E-state index contributed by atoms with van der Waals surface area (Å²) in [5.41, 5.74) is 5.59. The van der Waals surface area contributed by atoms with Gasteiger partial charge in [-0.15, -0.1) is 0 Å². The van der Waals surface area contributed by atoms with E-state index in [0.29, 0.717) is 0 Å². The van der Waals surface area contributed by atoms with E-state index in [4.69, 9.17) is 0 Å². The minimum Gasteiger partial charge on any atom is -0.344 e. The Morgan fingerprint density at radius 2 is 1.66 bits per heavy atom. The van der Waals surface area contributed by atoms with Crippen LogP contribution in [-0.2, 0) is 18.0 Å². The minimum atomic E-state index is -1.42. The molecule has 0 saturated heterocycles. The molecule has 1 atom stereocenters. The van der Waals surface area contributed by atoms with E-state index >= 15 is 0 Å². The predicted molar refractivity (Wildman–Crippen MR) is 132 cm³/mol. The average molecular weight is 436 g/mol. The van der Waals surface area contributed by atoms with Crippen LogP contribution in [-0.4, -0.2) is 13.8 Å². The maximum atomic E-state index is 13.2. The molecule has 0 saturated carbocycles. The first-order valence-electron chi connectivity index (χ1n) is 10.3. The van der Waals surface area contributed by atoms with Gasteiger partial charge in [0.25, 0.3) is 0 Å². The molecule has 0 amide bonds. The van der Waals surface area contributed by atoms with Gasteiger partial charge in [-0.3, -0.25) is 9.71 Å². The molecule has 0 aliphatic heterocycles. The van der Waals surface area contributed by atoms with Crippen LogP contribution in [0.5, 0.6) is 0 Å². The molecule has 5 rings (SSSR count). The van der Waals surface area contributed by atoms with Crippen molar-refractivity contribution in [1.82, 2.24) is 9.55 Å². The molecule has 0 spiro atoms. The normalized spacial score (nSPS) is 11.8. The number of rotatable bonds is 3. The molecular weight excluding hydrogens is 414 g/mol. The topological polar surface area (TPSA) is 46.9 Å². The highest BCUT2D eigenvalue weighted by molar-refractivity contribution is 7.86. The summed E-state index contributed by atoms with van der Waals surface area (Å²) in [6, 6.07) is 25.7. The van der Waals surface area contributed by atoms with Gasteiger partial charge in [0, 0.05) is 51.9 Å². The van der Waals surface area contributed by atoms with E-state index in [0.717, 1.165) is 49.2 Å². The standard InChI is InChI=1S/C27H21N3OS/c1-19-11-12-20(18-28-19)13-14-21-7-3-5-9-25(21)29-32(31)22-15-16-27-24(17-22)23-8-4-6-10-26(23)30(27)2/h3-12,15-18,29H,1-2H3. The van der Waals surface area contributed by atoms with Gasteiger partial charge in [-0.1, -0.05) is 42.2 Å². The first kappa shape index (κ1) is 20.0. The van der Waals surface area contributed by atoms with E-state index in [2.05, 4.69) is 45.3 Å². The fourth-order valence-electron chi connectivity index (χ4n) is 3.78. The lowest BCUT2D eigenvalue weighted by molar-refractivity contribution is 0.686. The molecule has 2 heterocycles. The van der Waals surface area contributed by atoms with Crippen molar-refractivity contribution in [3.8, 4) is 11.8 Å². The van der Waals surface area contributed by atoms with Crippen molar-refractivity contribution in [2.75, 3.05) is 4.72 Å². The Bertz CT molecular complexity index is 1540. The van der Waals surface area contributed by atoms with Gasteiger partial charge in [-0.2, -0.15) is 0 Å². The zero-order chi connectivity index (χ0) is 22.1. The zero-order valence-electron chi connectivity index (χ0n) is 17.8. The van der Waals surface area contributed by atoms with Crippen molar-refractivity contribution in [2.45, 2.75) is 11.8 Å². The highest BCUT2D eigenvalue weighted by atomic mass is 32.2. The lowest BCUT2D eigenvalue weighted by atomic mass is 10.1. The number of benzene rings is 3. The van der Waals surface area contributed by atoms with Crippen molar-refractivity contribution in [3.05, 3.63) is 102 Å². The summed E-state index contributed by atoms with van der Waals surface area (Å²) in [5, 5.41) is 2.25. The molecule has 32 heavy (non-hydrogen) atoms. The fourth-order valence-corrected chi connectivity index (χ4v) is 4.70. The number of nitrogens with zero attached hydrogens (tertiary/aromatic N) is 2. The molecule has 0 bridgehead atoms. The van der Waals surface area contributed by atoms with Crippen LogP contribution in [0.25, 0.3) is 21.8 Å². The molecule has 2 aromatic heterocycles. The summed E-state index contributed by atoms with van der Waals surface area (Å²) in [6.45, 7) is 1.95. The number of pyridine rings is 1. The second-order valence-electron chi connectivity index (χ2n) is 7.61. The monoisotopic (exact) mass is 435 g/mol. The first-order chi connectivity index (χ1) is 15.6. The maximum absolute atomic E-state index is 13.2. The first-order valence-corrected chi connectivity index (χ1v) is 11.4. The Kier molecular flexibility index (Phi) is 5.22. The summed E-state index contributed by atoms with van der Waals surface area (Å²) >= 11 is 0. The third kappa shape index (κ3) is 3.77. The Morgan fingerprint density at radius 1 is 0.875 bits per heavy atom. The van der Waals surface area contributed by atoms with E-state index in [1.807, 2.05) is 73.7 Å². The summed E-state index contributed by atoms with van der Waals surface area (Å²) < 4.78 is 18.5. The van der Waals surface area contributed by atoms with E-state index in [-0.39, 0.29) is 0 Å². The molecule has 5 aromatic rings. The number of para-hydroxylation sites is 2. The largest absolute Gasteiger partial charge is 0.344 e. The molecule has 0 fully saturated rings. The average Bonchev–Trinajstić information content (AvgIpc) is 3.11. The number of fused-ring (bicyclic) bond motifs is 3. The molecule has 1 unspecified atom stereocenters. The molecule has 0 aliphatic rings. The molecule has 0 radical (unpaired) electrons. The summed E-state index contributed by atoms with van der Waals surface area (Å²) in [7, 11) is 0.629. The van der Waals surface area contributed by atoms with Crippen molar-refractivity contribution >= 4 is 38.5 Å². The Labute approximate surface area is 189 Å². The van der Waals surface area contributed by atoms with Gasteiger partial charge < -0.3 is 4.57 Å². The quantitative estimate of drug-likeness (QED) is 0.377. The molecule has 156 valence electrons. The van der Waals surface area contributed by atoms with Crippen molar-refractivity contribution in [3.63, 3.8) is 0 Å². The van der Waals surface area contributed by atoms with Gasteiger partial charge in [-0.05, 0) is 55.5 Å². The lowest BCUT2D eigenvalue weighted by Gasteiger charge is -2.09. The van der Waals surface area contributed by atoms with Crippen LogP contribution in [0.3, 0.4) is 0 Å². The van der Waals surface area contributed by atoms with Gasteiger partial charge in [0.1, 0.15) is 11.0 Å². The highest BCUT2D eigenvalue weighted by Crippen LogP contribution is 2.30. The summed E-state index contributed by atoms with van der Waals surface area (Å²) in [5.74, 6) is 6.31. The van der Waals surface area contributed by atoms with Crippen molar-refractivity contribution in [2.24, 2.45) is 7.05 Å². The number of aryl methyl sites for hydroxylation is 2. The van der Waals surface area contributed by atoms with Crippen LogP contribution in [0.4, 0.5) is 5.69 Å². The van der Waals surface area contributed by atoms with Crippen molar-refractivity contribution in [1.29, 1.82) is 0 Å². The Hall–Kier alpha value is -3.88. The Balaban J connectivity index is 1.46. The minimum absolute atomic E-state index is 0.722. The van der Waals surface area contributed by atoms with Gasteiger partial charge in [-0.25, -0.2) is 4.21 Å². The highest BCUT2D eigenvalue weighted by Gasteiger charge is 2.12. The molecule has 5 heteroatoms. The lowest BCUT2D eigenvalue weighted by Crippen LogP contribution is -2.06. The third-order valence-corrected chi connectivity index (χ3v) is 6.57. The molecule has 0 aliphatic carbocycles. The van der Waals surface area contributed by atoms with E-state index < -0.39 is 11.0 Å². The number of aromatic nitrogens is 2. The van der Waals surface area contributed by atoms with Gasteiger partial charge >= 0.3 is 0 Å². The molecule has 4 nitrogen and oxygen atoms in total. The third-order valence-electron chi connectivity index (χ3n) is 5.48. The summed E-state index contributed by atoms with van der Waals surface area (Å²) in [6.07, 6.45) is 1.76. The molecule has 3 aromatic carbocycles. The molecule has 1 N–H and O–H groups in total. The Morgan fingerprint density at radius 3 is 2.50 bits per heavy atom. The van der Waals surface area contributed by atoms with Crippen LogP contribution in [0, 0.1) is 18.8 Å². The summed E-state index contributed by atoms with van der Waals surface area (Å²) in [4.78, 5) is 5.00. The van der Waals surface area contributed by atoms with Gasteiger partial charge in [0.15, 0.2) is 0 Å². The number of hydrogen-bond acceptors (Lipinski definition) is 2. The van der Waals surface area contributed by atoms with Crippen LogP contribution >= 0.6 is 0 Å². The second kappa shape index (κ2) is 8.33. The van der Waals surface area contributed by atoms with Crippen LogP contribution < -0.4 is 4.72 Å². The smallest absolute Gasteiger partial charge is 0.150 e. The predicted octanol–water partition coefficient (Wildman–Crippen LogP) is 5.57. The van der Waals surface area contributed by atoms with E-state index in [9.17, 15) is 4.21 Å². The van der Waals surface area contributed by atoms with E-state index in [1.54, 1.807) is 6.20 Å². The second-order valence-corrected chi connectivity index (χ2v) is 8.82. The van der Waals surface area contributed by atoms with Crippen LogP contribution in [0.1, 0.15) is 16.8 Å². The van der Waals surface area contributed by atoms with E-state index in [1.165, 1.54) is 0 Å². The fraction of sp³-hybridized carbons (Fsp3) is 0.0741. The zero-order valence-corrected chi connectivity index (χ0v) is 18.6.